The standard InChI is InChI=1S/C24H21N3O2S/c25-16-18-7-9-19(10-8-18)17-26-11-13-27(14-12-26)24(29)21-5-2-1-4-20(21)23(28)22-6-3-15-30-22/h1-10,15H,11-14,17H2. The number of benzene rings is 2. The minimum Gasteiger partial charge on any atom is -0.336 e. The second-order valence-corrected chi connectivity index (χ2v) is 8.18. The van der Waals surface area contributed by atoms with Gasteiger partial charge >= 0.3 is 0 Å². The Bertz CT molecular complexity index is 1080. The monoisotopic (exact) mass is 415 g/mol. The smallest absolute Gasteiger partial charge is 0.254 e. The van der Waals surface area contributed by atoms with Crippen LogP contribution in [0.25, 0.3) is 0 Å². The van der Waals surface area contributed by atoms with E-state index in [0.29, 0.717) is 34.7 Å². The number of thiophene rings is 1. The lowest BCUT2D eigenvalue weighted by molar-refractivity contribution is 0.0625. The van der Waals surface area contributed by atoms with Crippen molar-refractivity contribution in [2.24, 2.45) is 0 Å². The maximum Gasteiger partial charge on any atom is 0.254 e. The van der Waals surface area contributed by atoms with Gasteiger partial charge in [0.05, 0.1) is 22.1 Å². The Kier molecular flexibility index (Phi) is 6.03. The first-order valence-corrected chi connectivity index (χ1v) is 10.7. The minimum atomic E-state index is -0.103. The molecule has 0 bridgehead atoms. The highest BCUT2D eigenvalue weighted by Gasteiger charge is 2.26. The molecule has 3 aromatic rings. The van der Waals surface area contributed by atoms with Crippen LogP contribution >= 0.6 is 11.3 Å². The van der Waals surface area contributed by atoms with Gasteiger partial charge in [-0.05, 0) is 35.2 Å². The fourth-order valence-corrected chi connectivity index (χ4v) is 4.31. The first kappa shape index (κ1) is 20.0. The van der Waals surface area contributed by atoms with Crippen LogP contribution in [-0.2, 0) is 6.54 Å². The van der Waals surface area contributed by atoms with Crippen molar-refractivity contribution in [3.05, 3.63) is 93.2 Å². The second-order valence-electron chi connectivity index (χ2n) is 7.23. The topological polar surface area (TPSA) is 64.4 Å². The molecule has 6 heteroatoms. The van der Waals surface area contributed by atoms with Crippen molar-refractivity contribution in [2.75, 3.05) is 26.2 Å². The number of hydrogen-bond donors (Lipinski definition) is 0. The summed E-state index contributed by atoms with van der Waals surface area (Å²) in [5, 5.41) is 10.8. The Hall–Kier alpha value is -3.27. The van der Waals surface area contributed by atoms with Gasteiger partial charge in [0, 0.05) is 38.3 Å². The summed E-state index contributed by atoms with van der Waals surface area (Å²) in [6.07, 6.45) is 0. The molecule has 30 heavy (non-hydrogen) atoms. The van der Waals surface area contributed by atoms with E-state index in [4.69, 9.17) is 5.26 Å². The number of amides is 1. The molecule has 1 aliphatic rings. The van der Waals surface area contributed by atoms with Gasteiger partial charge in [0.2, 0.25) is 5.78 Å². The predicted molar refractivity (Wildman–Crippen MR) is 117 cm³/mol. The summed E-state index contributed by atoms with van der Waals surface area (Å²) < 4.78 is 0. The van der Waals surface area contributed by atoms with Crippen molar-refractivity contribution in [2.45, 2.75) is 6.54 Å². The summed E-state index contributed by atoms with van der Waals surface area (Å²) in [5.74, 6) is -0.193. The number of rotatable bonds is 5. The average Bonchev–Trinajstić information content (AvgIpc) is 3.34. The molecule has 0 N–H and O–H groups in total. The Morgan fingerprint density at radius 3 is 2.23 bits per heavy atom. The molecule has 5 nitrogen and oxygen atoms in total. The molecule has 1 aliphatic heterocycles. The third kappa shape index (κ3) is 4.33. The molecular weight excluding hydrogens is 394 g/mol. The van der Waals surface area contributed by atoms with Crippen molar-refractivity contribution < 1.29 is 9.59 Å². The van der Waals surface area contributed by atoms with E-state index in [1.54, 1.807) is 30.3 Å². The molecule has 2 aromatic carbocycles. The summed E-state index contributed by atoms with van der Waals surface area (Å²) >= 11 is 1.39. The average molecular weight is 416 g/mol. The minimum absolute atomic E-state index is 0.0893. The SMILES string of the molecule is N#Cc1ccc(CN2CCN(C(=O)c3ccccc3C(=O)c3cccs3)CC2)cc1. The maximum absolute atomic E-state index is 13.2. The fourth-order valence-electron chi connectivity index (χ4n) is 3.63. The molecule has 1 amide bonds. The van der Waals surface area contributed by atoms with Gasteiger partial charge in [0.1, 0.15) is 0 Å². The van der Waals surface area contributed by atoms with Gasteiger partial charge in [-0.1, -0.05) is 36.4 Å². The van der Waals surface area contributed by atoms with Crippen molar-refractivity contribution in [3.63, 3.8) is 0 Å². The number of hydrogen-bond acceptors (Lipinski definition) is 5. The molecule has 1 fully saturated rings. The van der Waals surface area contributed by atoms with Crippen LogP contribution in [0.2, 0.25) is 0 Å². The lowest BCUT2D eigenvalue weighted by atomic mass is 10.0. The van der Waals surface area contributed by atoms with Crippen molar-refractivity contribution in [3.8, 4) is 6.07 Å². The van der Waals surface area contributed by atoms with Crippen molar-refractivity contribution >= 4 is 23.0 Å². The Balaban J connectivity index is 1.41. The van der Waals surface area contributed by atoms with E-state index in [0.717, 1.165) is 25.2 Å². The molecule has 2 heterocycles. The maximum atomic E-state index is 13.2. The number of carbonyl (C=O) groups excluding carboxylic acids is 2. The van der Waals surface area contributed by atoms with E-state index in [9.17, 15) is 9.59 Å². The van der Waals surface area contributed by atoms with Crippen LogP contribution in [0.1, 0.15) is 36.7 Å². The molecule has 1 aromatic heterocycles. The van der Waals surface area contributed by atoms with E-state index in [1.807, 2.05) is 40.6 Å². The van der Waals surface area contributed by atoms with Crippen LogP contribution in [0.15, 0.2) is 66.0 Å². The summed E-state index contributed by atoms with van der Waals surface area (Å²) in [6, 6.07) is 20.5. The lowest BCUT2D eigenvalue weighted by Gasteiger charge is -2.35. The quantitative estimate of drug-likeness (QED) is 0.595. The molecule has 0 aliphatic carbocycles. The third-order valence-electron chi connectivity index (χ3n) is 5.30. The molecule has 0 atom stereocenters. The lowest BCUT2D eigenvalue weighted by Crippen LogP contribution is -2.48. The largest absolute Gasteiger partial charge is 0.336 e. The molecule has 4 rings (SSSR count). The number of nitrogens with zero attached hydrogens (tertiary/aromatic N) is 3. The molecule has 0 radical (unpaired) electrons. The Morgan fingerprint density at radius 1 is 0.900 bits per heavy atom. The summed E-state index contributed by atoms with van der Waals surface area (Å²) in [7, 11) is 0. The first-order valence-electron chi connectivity index (χ1n) is 9.83. The molecule has 1 saturated heterocycles. The van der Waals surface area contributed by atoms with Gasteiger partial charge in [-0.2, -0.15) is 5.26 Å². The second kappa shape index (κ2) is 9.04. The van der Waals surface area contributed by atoms with Crippen LogP contribution in [0, 0.1) is 11.3 Å². The number of ketones is 1. The molecule has 0 unspecified atom stereocenters. The predicted octanol–water partition coefficient (Wildman–Crippen LogP) is 3.81. The van der Waals surface area contributed by atoms with Crippen molar-refractivity contribution in [1.29, 1.82) is 5.26 Å². The summed E-state index contributed by atoms with van der Waals surface area (Å²) in [4.78, 5) is 30.8. The molecule has 0 saturated carbocycles. The van der Waals surface area contributed by atoms with Gasteiger partial charge < -0.3 is 4.90 Å². The van der Waals surface area contributed by atoms with E-state index >= 15 is 0 Å². The molecular formula is C24H21N3O2S. The number of carbonyl (C=O) groups is 2. The van der Waals surface area contributed by atoms with Gasteiger partial charge in [-0.25, -0.2) is 0 Å². The van der Waals surface area contributed by atoms with E-state index in [-0.39, 0.29) is 11.7 Å². The molecule has 0 spiro atoms. The number of nitriles is 1. The van der Waals surface area contributed by atoms with Crippen LogP contribution in [0.3, 0.4) is 0 Å². The van der Waals surface area contributed by atoms with Gasteiger partial charge in [0.25, 0.3) is 5.91 Å². The van der Waals surface area contributed by atoms with Crippen LogP contribution in [0.5, 0.6) is 0 Å². The van der Waals surface area contributed by atoms with Gasteiger partial charge in [-0.15, -0.1) is 11.3 Å². The summed E-state index contributed by atoms with van der Waals surface area (Å²) in [5.41, 5.74) is 2.74. The highest BCUT2D eigenvalue weighted by Crippen LogP contribution is 2.20. The third-order valence-corrected chi connectivity index (χ3v) is 6.16. The van der Waals surface area contributed by atoms with E-state index < -0.39 is 0 Å². The zero-order chi connectivity index (χ0) is 20.9. The first-order chi connectivity index (χ1) is 14.7. The van der Waals surface area contributed by atoms with E-state index in [2.05, 4.69) is 11.0 Å². The highest BCUT2D eigenvalue weighted by atomic mass is 32.1. The van der Waals surface area contributed by atoms with Crippen LogP contribution in [0.4, 0.5) is 0 Å². The zero-order valence-corrected chi connectivity index (χ0v) is 17.3. The number of piperazine rings is 1. The van der Waals surface area contributed by atoms with Crippen molar-refractivity contribution in [1.82, 2.24) is 9.80 Å². The van der Waals surface area contributed by atoms with Crippen LogP contribution < -0.4 is 0 Å². The van der Waals surface area contributed by atoms with Crippen LogP contribution in [-0.4, -0.2) is 47.7 Å². The summed E-state index contributed by atoms with van der Waals surface area (Å²) in [6.45, 7) is 3.58. The fraction of sp³-hybridized carbons (Fsp3) is 0.208. The van der Waals surface area contributed by atoms with Gasteiger partial charge in [-0.3, -0.25) is 14.5 Å². The highest BCUT2D eigenvalue weighted by molar-refractivity contribution is 7.12. The Labute approximate surface area is 179 Å². The van der Waals surface area contributed by atoms with E-state index in [1.165, 1.54) is 11.3 Å². The normalized spacial score (nSPS) is 14.3. The zero-order valence-electron chi connectivity index (χ0n) is 16.5. The Morgan fingerprint density at radius 2 is 1.60 bits per heavy atom. The van der Waals surface area contributed by atoms with Gasteiger partial charge in [0.15, 0.2) is 0 Å². The molecule has 150 valence electrons.